The van der Waals surface area contributed by atoms with Crippen molar-refractivity contribution in [3.05, 3.63) is 17.2 Å². The van der Waals surface area contributed by atoms with Gasteiger partial charge in [0.25, 0.3) is 0 Å². The largest absolute Gasteiger partial charge is 0.353 e. The lowest BCUT2D eigenvalue weighted by Crippen LogP contribution is -2.25. The average molecular weight is 225 g/mol. The Morgan fingerprint density at radius 3 is 3.07 bits per heavy atom. The van der Waals surface area contributed by atoms with Crippen molar-refractivity contribution < 1.29 is 4.79 Å². The van der Waals surface area contributed by atoms with Crippen LogP contribution >= 0.6 is 12.2 Å². The summed E-state index contributed by atoms with van der Waals surface area (Å²) in [4.78, 5) is 14.3. The molecule has 1 fully saturated rings. The highest BCUT2D eigenvalue weighted by molar-refractivity contribution is 7.71. The highest BCUT2D eigenvalue weighted by atomic mass is 32.1. The van der Waals surface area contributed by atoms with Crippen molar-refractivity contribution in [2.75, 3.05) is 0 Å². The second-order valence-electron chi connectivity index (χ2n) is 3.90. The molecule has 1 amide bonds. The molecular formula is C10H15N3OS. The number of hydrogen-bond acceptors (Lipinski definition) is 2. The van der Waals surface area contributed by atoms with E-state index in [-0.39, 0.29) is 5.91 Å². The molecule has 0 aromatic carbocycles. The van der Waals surface area contributed by atoms with Crippen molar-refractivity contribution in [3.8, 4) is 0 Å². The molecular weight excluding hydrogens is 210 g/mol. The van der Waals surface area contributed by atoms with Crippen LogP contribution in [0.5, 0.6) is 0 Å². The second-order valence-corrected chi connectivity index (χ2v) is 4.29. The number of nitrogens with zero attached hydrogens (tertiary/aromatic N) is 1. The van der Waals surface area contributed by atoms with Gasteiger partial charge in [0.1, 0.15) is 0 Å². The van der Waals surface area contributed by atoms with E-state index in [1.165, 1.54) is 0 Å². The summed E-state index contributed by atoms with van der Waals surface area (Å²) in [6, 6.07) is 0.465. The van der Waals surface area contributed by atoms with Crippen LogP contribution in [0.1, 0.15) is 25.7 Å². The predicted octanol–water partition coefficient (Wildman–Crippen LogP) is 1.60. The van der Waals surface area contributed by atoms with Gasteiger partial charge in [0, 0.05) is 31.4 Å². The van der Waals surface area contributed by atoms with Crippen LogP contribution in [0.15, 0.2) is 12.4 Å². The zero-order valence-corrected chi connectivity index (χ0v) is 9.35. The summed E-state index contributed by atoms with van der Waals surface area (Å²) in [6.07, 6.45) is 7.44. The fourth-order valence-corrected chi connectivity index (χ4v) is 1.68. The van der Waals surface area contributed by atoms with Gasteiger partial charge in [0.2, 0.25) is 5.91 Å². The molecule has 15 heavy (non-hydrogen) atoms. The fraction of sp³-hybridized carbons (Fsp3) is 0.600. The van der Waals surface area contributed by atoms with Crippen molar-refractivity contribution in [1.29, 1.82) is 0 Å². The number of carbonyl (C=O) groups is 1. The number of carbonyl (C=O) groups excluding carboxylic acids is 1. The number of aryl methyl sites for hydroxylation is 1. The third-order valence-corrected chi connectivity index (χ3v) is 2.82. The van der Waals surface area contributed by atoms with E-state index < -0.39 is 0 Å². The SMILES string of the molecule is O=C(CCCn1cc[nH]c1=S)NC1CC1. The lowest BCUT2D eigenvalue weighted by atomic mass is 10.3. The molecule has 0 atom stereocenters. The predicted molar refractivity (Wildman–Crippen MR) is 60.0 cm³/mol. The quantitative estimate of drug-likeness (QED) is 0.748. The van der Waals surface area contributed by atoms with Gasteiger partial charge < -0.3 is 14.9 Å². The number of hydrogen-bond donors (Lipinski definition) is 2. The maximum absolute atomic E-state index is 11.4. The zero-order valence-electron chi connectivity index (χ0n) is 8.53. The summed E-state index contributed by atoms with van der Waals surface area (Å²) in [5.74, 6) is 0.166. The Kier molecular flexibility index (Phi) is 3.20. The molecule has 4 nitrogen and oxygen atoms in total. The molecule has 0 unspecified atom stereocenters. The van der Waals surface area contributed by atoms with Crippen molar-refractivity contribution in [3.63, 3.8) is 0 Å². The highest BCUT2D eigenvalue weighted by Crippen LogP contribution is 2.18. The van der Waals surface area contributed by atoms with Crippen LogP contribution in [0, 0.1) is 4.77 Å². The van der Waals surface area contributed by atoms with Crippen molar-refractivity contribution >= 4 is 18.1 Å². The van der Waals surface area contributed by atoms with Gasteiger partial charge >= 0.3 is 0 Å². The summed E-state index contributed by atoms with van der Waals surface area (Å²) < 4.78 is 2.66. The summed E-state index contributed by atoms with van der Waals surface area (Å²) in [7, 11) is 0. The number of rotatable bonds is 5. The monoisotopic (exact) mass is 225 g/mol. The van der Waals surface area contributed by atoms with Crippen LogP contribution in [-0.2, 0) is 11.3 Å². The molecule has 1 aromatic rings. The van der Waals surface area contributed by atoms with Gasteiger partial charge in [-0.1, -0.05) is 0 Å². The molecule has 0 aliphatic heterocycles. The first kappa shape index (κ1) is 10.4. The van der Waals surface area contributed by atoms with E-state index in [0.717, 1.165) is 30.6 Å². The van der Waals surface area contributed by atoms with Gasteiger partial charge in [0.15, 0.2) is 4.77 Å². The van der Waals surface area contributed by atoms with Gasteiger partial charge in [-0.3, -0.25) is 4.79 Å². The minimum atomic E-state index is 0.166. The van der Waals surface area contributed by atoms with Gasteiger partial charge in [-0.25, -0.2) is 0 Å². The van der Waals surface area contributed by atoms with Crippen LogP contribution in [-0.4, -0.2) is 21.5 Å². The molecule has 2 N–H and O–H groups in total. The Morgan fingerprint density at radius 1 is 1.67 bits per heavy atom. The van der Waals surface area contributed by atoms with Crippen molar-refractivity contribution in [1.82, 2.24) is 14.9 Å². The first-order valence-corrected chi connectivity index (χ1v) is 5.70. The van der Waals surface area contributed by atoms with Gasteiger partial charge in [0.05, 0.1) is 0 Å². The van der Waals surface area contributed by atoms with E-state index in [0.29, 0.717) is 12.5 Å². The molecule has 5 heteroatoms. The number of imidazole rings is 1. The van der Waals surface area contributed by atoms with Crippen LogP contribution in [0.25, 0.3) is 0 Å². The maximum Gasteiger partial charge on any atom is 0.220 e. The highest BCUT2D eigenvalue weighted by Gasteiger charge is 2.22. The number of aromatic amines is 1. The summed E-state index contributed by atoms with van der Waals surface area (Å²) in [5.41, 5.74) is 0. The molecule has 82 valence electrons. The maximum atomic E-state index is 11.4. The summed E-state index contributed by atoms with van der Waals surface area (Å²) >= 11 is 5.05. The molecule has 0 spiro atoms. The van der Waals surface area contributed by atoms with Crippen LogP contribution in [0.3, 0.4) is 0 Å². The van der Waals surface area contributed by atoms with Gasteiger partial charge in [-0.2, -0.15) is 0 Å². The molecule has 0 bridgehead atoms. The molecule has 1 saturated carbocycles. The number of H-pyrrole nitrogens is 1. The molecule has 1 aromatic heterocycles. The van der Waals surface area contributed by atoms with E-state index in [2.05, 4.69) is 10.3 Å². The minimum Gasteiger partial charge on any atom is -0.353 e. The summed E-state index contributed by atoms with van der Waals surface area (Å²) in [5, 5.41) is 2.97. The van der Waals surface area contributed by atoms with Crippen molar-refractivity contribution in [2.24, 2.45) is 0 Å². The van der Waals surface area contributed by atoms with Crippen LogP contribution in [0.2, 0.25) is 0 Å². The summed E-state index contributed by atoms with van der Waals surface area (Å²) in [6.45, 7) is 0.806. The standard InChI is InChI=1S/C10H15N3OS/c14-9(12-8-3-4-8)2-1-6-13-7-5-11-10(13)15/h5,7-8H,1-4,6H2,(H,11,15)(H,12,14). The van der Waals surface area contributed by atoms with E-state index in [1.807, 2.05) is 17.0 Å². The number of nitrogens with one attached hydrogen (secondary N) is 2. The zero-order chi connectivity index (χ0) is 10.7. The average Bonchev–Trinajstić information content (AvgIpc) is 2.91. The smallest absolute Gasteiger partial charge is 0.220 e. The van der Waals surface area contributed by atoms with Gasteiger partial charge in [-0.15, -0.1) is 0 Å². The van der Waals surface area contributed by atoms with E-state index in [1.54, 1.807) is 0 Å². The second kappa shape index (κ2) is 4.61. The molecule has 2 rings (SSSR count). The molecule has 1 heterocycles. The Hall–Kier alpha value is -1.10. The third kappa shape index (κ3) is 3.20. The number of aromatic nitrogens is 2. The Labute approximate surface area is 93.7 Å². The lowest BCUT2D eigenvalue weighted by molar-refractivity contribution is -0.121. The van der Waals surface area contributed by atoms with E-state index in [9.17, 15) is 4.79 Å². The number of amides is 1. The van der Waals surface area contributed by atoms with Crippen molar-refractivity contribution in [2.45, 2.75) is 38.3 Å². The third-order valence-electron chi connectivity index (χ3n) is 2.47. The van der Waals surface area contributed by atoms with Crippen LogP contribution in [0.4, 0.5) is 0 Å². The van der Waals surface area contributed by atoms with E-state index >= 15 is 0 Å². The Bertz CT molecular complexity index is 391. The molecule has 1 aliphatic carbocycles. The van der Waals surface area contributed by atoms with Crippen LogP contribution < -0.4 is 5.32 Å². The topological polar surface area (TPSA) is 49.8 Å². The Morgan fingerprint density at radius 2 is 2.47 bits per heavy atom. The van der Waals surface area contributed by atoms with Gasteiger partial charge in [-0.05, 0) is 31.5 Å². The minimum absolute atomic E-state index is 0.166. The molecule has 0 radical (unpaired) electrons. The lowest BCUT2D eigenvalue weighted by Gasteiger charge is -2.03. The first-order valence-electron chi connectivity index (χ1n) is 5.29. The fourth-order valence-electron chi connectivity index (χ4n) is 1.46. The molecule has 0 saturated heterocycles. The van der Waals surface area contributed by atoms with E-state index in [4.69, 9.17) is 12.2 Å². The Balaban J connectivity index is 1.67. The molecule has 1 aliphatic rings. The normalized spacial score (nSPS) is 15.2. The first-order chi connectivity index (χ1) is 7.25.